The summed E-state index contributed by atoms with van der Waals surface area (Å²) < 4.78 is 34.5. The number of nitrogens with one attached hydrogen (secondary N) is 2. The van der Waals surface area contributed by atoms with Crippen LogP contribution in [-0.4, -0.2) is 29.4 Å². The van der Waals surface area contributed by atoms with E-state index in [9.17, 15) is 8.78 Å². The van der Waals surface area contributed by atoms with Gasteiger partial charge in [-0.3, -0.25) is 0 Å². The van der Waals surface area contributed by atoms with Gasteiger partial charge in [0.25, 0.3) is 0 Å². The normalized spacial score (nSPS) is 11.4. The van der Waals surface area contributed by atoms with Crippen LogP contribution in [0.25, 0.3) is 11.0 Å². The van der Waals surface area contributed by atoms with Crippen LogP contribution in [0.5, 0.6) is 11.5 Å². The average molecular weight is 346 g/mol. The first kappa shape index (κ1) is 16.7. The van der Waals surface area contributed by atoms with E-state index in [2.05, 4.69) is 25.2 Å². The standard InChI is InChI=1S/C17H16F2N4O2/c1-2-24-15-9-11(7-8-14(15)25-16(18)19)10-20-23-17-21-12-5-3-4-6-13(12)22-17/h3-10,16H,2H2,1H3,(H2,21,22,23)/b20-10-. The van der Waals surface area contributed by atoms with Crippen LogP contribution in [0.15, 0.2) is 47.6 Å². The molecule has 3 aromatic rings. The third-order valence-electron chi connectivity index (χ3n) is 3.26. The molecule has 130 valence electrons. The van der Waals surface area contributed by atoms with Gasteiger partial charge in [0.05, 0.1) is 23.9 Å². The van der Waals surface area contributed by atoms with Gasteiger partial charge in [-0.1, -0.05) is 12.1 Å². The fourth-order valence-corrected chi connectivity index (χ4v) is 2.24. The number of hydrogen-bond acceptors (Lipinski definition) is 5. The highest BCUT2D eigenvalue weighted by molar-refractivity contribution is 5.82. The molecule has 0 aliphatic heterocycles. The molecule has 1 heterocycles. The van der Waals surface area contributed by atoms with Gasteiger partial charge >= 0.3 is 6.61 Å². The summed E-state index contributed by atoms with van der Waals surface area (Å²) in [6, 6.07) is 12.2. The minimum absolute atomic E-state index is 0.0146. The SMILES string of the molecule is CCOc1cc(/C=N\Nc2nc3ccccc3[nH]2)ccc1OC(F)F. The zero-order valence-corrected chi connectivity index (χ0v) is 13.4. The second-order valence-corrected chi connectivity index (χ2v) is 4.99. The van der Waals surface area contributed by atoms with Gasteiger partial charge < -0.3 is 14.5 Å². The van der Waals surface area contributed by atoms with Crippen molar-refractivity contribution in [2.45, 2.75) is 13.5 Å². The van der Waals surface area contributed by atoms with Crippen molar-refractivity contribution in [3.05, 3.63) is 48.0 Å². The fourth-order valence-electron chi connectivity index (χ4n) is 2.24. The van der Waals surface area contributed by atoms with E-state index < -0.39 is 6.61 Å². The van der Waals surface area contributed by atoms with Crippen LogP contribution in [0, 0.1) is 0 Å². The molecule has 8 heteroatoms. The highest BCUT2D eigenvalue weighted by Crippen LogP contribution is 2.29. The molecule has 0 bridgehead atoms. The fraction of sp³-hybridized carbons (Fsp3) is 0.176. The largest absolute Gasteiger partial charge is 0.490 e. The van der Waals surface area contributed by atoms with Crippen molar-refractivity contribution in [2.24, 2.45) is 5.10 Å². The lowest BCUT2D eigenvalue weighted by atomic mass is 10.2. The summed E-state index contributed by atoms with van der Waals surface area (Å²) in [6.07, 6.45) is 1.53. The zero-order chi connectivity index (χ0) is 17.6. The number of alkyl halides is 2. The number of hydrogen-bond donors (Lipinski definition) is 2. The van der Waals surface area contributed by atoms with Crippen molar-refractivity contribution in [1.82, 2.24) is 9.97 Å². The molecule has 0 saturated carbocycles. The van der Waals surface area contributed by atoms with Gasteiger partial charge in [-0.05, 0) is 42.8 Å². The number of anilines is 1. The molecule has 3 rings (SSSR count). The van der Waals surface area contributed by atoms with E-state index in [4.69, 9.17) is 4.74 Å². The first-order valence-electron chi connectivity index (χ1n) is 7.61. The summed E-state index contributed by atoms with van der Waals surface area (Å²) in [6.45, 7) is -0.818. The van der Waals surface area contributed by atoms with E-state index in [0.717, 1.165) is 11.0 Å². The Balaban J connectivity index is 1.72. The lowest BCUT2D eigenvalue weighted by Crippen LogP contribution is -2.05. The van der Waals surface area contributed by atoms with Crippen molar-refractivity contribution in [2.75, 3.05) is 12.0 Å². The first-order chi connectivity index (χ1) is 12.2. The number of H-pyrrole nitrogens is 1. The van der Waals surface area contributed by atoms with Gasteiger partial charge in [0.2, 0.25) is 5.95 Å². The number of nitrogens with zero attached hydrogens (tertiary/aromatic N) is 2. The van der Waals surface area contributed by atoms with Gasteiger partial charge in [0, 0.05) is 0 Å². The highest BCUT2D eigenvalue weighted by atomic mass is 19.3. The molecule has 2 N–H and O–H groups in total. The minimum Gasteiger partial charge on any atom is -0.490 e. The van der Waals surface area contributed by atoms with Crippen molar-refractivity contribution in [3.8, 4) is 11.5 Å². The Bertz CT molecular complexity index is 847. The second-order valence-electron chi connectivity index (χ2n) is 4.99. The Morgan fingerprint density at radius 2 is 2.08 bits per heavy atom. The van der Waals surface area contributed by atoms with Crippen molar-refractivity contribution in [3.63, 3.8) is 0 Å². The maximum Gasteiger partial charge on any atom is 0.387 e. The number of aromatic amines is 1. The van der Waals surface area contributed by atoms with Gasteiger partial charge in [-0.2, -0.15) is 13.9 Å². The van der Waals surface area contributed by atoms with E-state index in [1.165, 1.54) is 12.3 Å². The number of ether oxygens (including phenoxy) is 2. The summed E-state index contributed by atoms with van der Waals surface area (Å²) in [5, 5.41) is 4.09. The predicted octanol–water partition coefficient (Wildman–Crippen LogP) is 4.01. The Morgan fingerprint density at radius 3 is 2.84 bits per heavy atom. The maximum absolute atomic E-state index is 12.4. The van der Waals surface area contributed by atoms with Crippen LogP contribution in [0.3, 0.4) is 0 Å². The molecule has 6 nitrogen and oxygen atoms in total. The molecule has 0 atom stereocenters. The number of imidazole rings is 1. The summed E-state index contributed by atoms with van der Waals surface area (Å²) in [5.74, 6) is 0.717. The second kappa shape index (κ2) is 7.61. The van der Waals surface area contributed by atoms with Crippen molar-refractivity contribution >= 4 is 23.2 Å². The quantitative estimate of drug-likeness (QED) is 0.501. The van der Waals surface area contributed by atoms with E-state index in [1.807, 2.05) is 24.3 Å². The average Bonchev–Trinajstić information content (AvgIpc) is 2.99. The van der Waals surface area contributed by atoms with Gasteiger partial charge in [0.1, 0.15) is 0 Å². The molecule has 2 aromatic carbocycles. The van der Waals surface area contributed by atoms with E-state index >= 15 is 0 Å². The monoisotopic (exact) mass is 346 g/mol. The summed E-state index contributed by atoms with van der Waals surface area (Å²) >= 11 is 0. The molecule has 0 radical (unpaired) electrons. The van der Waals surface area contributed by atoms with Crippen LogP contribution < -0.4 is 14.9 Å². The lowest BCUT2D eigenvalue weighted by molar-refractivity contribution is -0.0514. The molecule has 0 aliphatic carbocycles. The molecular formula is C17H16F2N4O2. The number of hydrazone groups is 1. The number of para-hydroxylation sites is 2. The third kappa shape index (κ3) is 4.23. The van der Waals surface area contributed by atoms with E-state index in [1.54, 1.807) is 19.1 Å². The van der Waals surface area contributed by atoms with Crippen LogP contribution in [0.4, 0.5) is 14.7 Å². The topological polar surface area (TPSA) is 71.5 Å². The molecule has 1 aromatic heterocycles. The number of benzene rings is 2. The van der Waals surface area contributed by atoms with Crippen LogP contribution in [0.2, 0.25) is 0 Å². The number of halogens is 2. The molecule has 0 amide bonds. The molecule has 25 heavy (non-hydrogen) atoms. The van der Waals surface area contributed by atoms with E-state index in [-0.39, 0.29) is 11.5 Å². The lowest BCUT2D eigenvalue weighted by Gasteiger charge is -2.11. The van der Waals surface area contributed by atoms with Crippen molar-refractivity contribution < 1.29 is 18.3 Å². The summed E-state index contributed by atoms with van der Waals surface area (Å²) in [4.78, 5) is 7.41. The molecule has 0 fully saturated rings. The highest BCUT2D eigenvalue weighted by Gasteiger charge is 2.11. The maximum atomic E-state index is 12.4. The Morgan fingerprint density at radius 1 is 1.24 bits per heavy atom. The van der Waals surface area contributed by atoms with Crippen LogP contribution >= 0.6 is 0 Å². The summed E-state index contributed by atoms with van der Waals surface area (Å²) in [5.41, 5.74) is 5.17. The first-order valence-corrected chi connectivity index (χ1v) is 7.61. The van der Waals surface area contributed by atoms with Gasteiger partial charge in [-0.15, -0.1) is 0 Å². The number of aromatic nitrogens is 2. The Hall–Kier alpha value is -3.16. The Kier molecular flexibility index (Phi) is 5.08. The van der Waals surface area contributed by atoms with Crippen molar-refractivity contribution in [1.29, 1.82) is 0 Å². The number of rotatable bonds is 7. The molecular weight excluding hydrogens is 330 g/mol. The Labute approximate surface area is 142 Å². The van der Waals surface area contributed by atoms with Gasteiger partial charge in [-0.25, -0.2) is 10.4 Å². The molecule has 0 aliphatic rings. The third-order valence-corrected chi connectivity index (χ3v) is 3.26. The minimum atomic E-state index is -2.91. The molecule has 0 spiro atoms. The number of fused-ring (bicyclic) bond motifs is 1. The summed E-state index contributed by atoms with van der Waals surface area (Å²) in [7, 11) is 0. The smallest absolute Gasteiger partial charge is 0.387 e. The van der Waals surface area contributed by atoms with Gasteiger partial charge in [0.15, 0.2) is 11.5 Å². The van der Waals surface area contributed by atoms with Crippen LogP contribution in [0.1, 0.15) is 12.5 Å². The van der Waals surface area contributed by atoms with E-state index in [0.29, 0.717) is 18.1 Å². The molecule has 0 unspecified atom stereocenters. The van der Waals surface area contributed by atoms with Crippen LogP contribution in [-0.2, 0) is 0 Å². The predicted molar refractivity (Wildman–Crippen MR) is 91.6 cm³/mol. The molecule has 0 saturated heterocycles. The zero-order valence-electron chi connectivity index (χ0n) is 13.4.